The normalized spacial score (nSPS) is 14.6. The summed E-state index contributed by atoms with van der Waals surface area (Å²) < 4.78 is 0. The molecule has 0 radical (unpaired) electrons. The van der Waals surface area contributed by atoms with Gasteiger partial charge in [0, 0.05) is 23.5 Å². The number of aryl methyl sites for hydroxylation is 4. The van der Waals surface area contributed by atoms with Gasteiger partial charge in [-0.2, -0.15) is 0 Å². The van der Waals surface area contributed by atoms with Gasteiger partial charge in [0.1, 0.15) is 0 Å². The summed E-state index contributed by atoms with van der Waals surface area (Å²) >= 11 is 1.85. The van der Waals surface area contributed by atoms with Gasteiger partial charge in [0.15, 0.2) is 5.96 Å². The molecule has 1 aliphatic carbocycles. The molecule has 5 heteroatoms. The molecule has 0 amide bonds. The van der Waals surface area contributed by atoms with Crippen LogP contribution in [0.4, 0.5) is 5.69 Å². The van der Waals surface area contributed by atoms with Crippen LogP contribution in [-0.2, 0) is 19.3 Å². The Morgan fingerprint density at radius 2 is 2.09 bits per heavy atom. The lowest BCUT2D eigenvalue weighted by Gasteiger charge is -2.07. The summed E-state index contributed by atoms with van der Waals surface area (Å²) in [6.45, 7) is 4.87. The van der Waals surface area contributed by atoms with Gasteiger partial charge in [-0.25, -0.2) is 4.98 Å². The van der Waals surface area contributed by atoms with Crippen molar-refractivity contribution in [1.29, 1.82) is 0 Å². The molecule has 2 aromatic rings. The highest BCUT2D eigenvalue weighted by atomic mass is 32.1. The monoisotopic (exact) mass is 328 g/mol. The summed E-state index contributed by atoms with van der Waals surface area (Å²) in [5, 5.41) is 4.35. The molecule has 122 valence electrons. The molecule has 0 aliphatic heterocycles. The van der Waals surface area contributed by atoms with Crippen molar-refractivity contribution in [2.75, 3.05) is 11.9 Å². The van der Waals surface area contributed by atoms with Crippen LogP contribution in [0.15, 0.2) is 23.2 Å². The SMILES string of the molecule is Cc1ccc(NC(N)=NCCc2nc3c(s2)CCCC3)cc1C. The number of nitrogens with two attached hydrogens (primary N) is 1. The molecule has 0 spiro atoms. The van der Waals surface area contributed by atoms with Crippen molar-refractivity contribution in [2.24, 2.45) is 10.7 Å². The van der Waals surface area contributed by atoms with Gasteiger partial charge >= 0.3 is 0 Å². The molecule has 3 N–H and O–H groups in total. The highest BCUT2D eigenvalue weighted by Crippen LogP contribution is 2.26. The van der Waals surface area contributed by atoms with E-state index in [2.05, 4.69) is 36.3 Å². The average Bonchev–Trinajstić information content (AvgIpc) is 2.93. The van der Waals surface area contributed by atoms with E-state index in [0.717, 1.165) is 18.5 Å². The van der Waals surface area contributed by atoms with Gasteiger partial charge in [-0.05, 0) is 62.8 Å². The standard InChI is InChI=1S/C18H24N4S/c1-12-7-8-14(11-13(12)2)21-18(19)20-10-9-17-22-15-5-3-4-6-16(15)23-17/h7-8,11H,3-6,9-10H2,1-2H3,(H3,19,20,21). The largest absolute Gasteiger partial charge is 0.370 e. The number of anilines is 1. The van der Waals surface area contributed by atoms with Crippen LogP contribution >= 0.6 is 11.3 Å². The molecular formula is C18H24N4S. The number of rotatable bonds is 4. The number of nitrogens with one attached hydrogen (secondary N) is 1. The minimum absolute atomic E-state index is 0.467. The Morgan fingerprint density at radius 3 is 2.87 bits per heavy atom. The van der Waals surface area contributed by atoms with E-state index in [4.69, 9.17) is 10.7 Å². The third kappa shape index (κ3) is 4.10. The smallest absolute Gasteiger partial charge is 0.193 e. The van der Waals surface area contributed by atoms with E-state index >= 15 is 0 Å². The van der Waals surface area contributed by atoms with E-state index in [-0.39, 0.29) is 0 Å². The topological polar surface area (TPSA) is 63.3 Å². The molecule has 1 aromatic heterocycles. The van der Waals surface area contributed by atoms with Gasteiger partial charge in [-0.15, -0.1) is 11.3 Å². The zero-order valence-electron chi connectivity index (χ0n) is 13.9. The fourth-order valence-electron chi connectivity index (χ4n) is 2.79. The first kappa shape index (κ1) is 16.0. The molecule has 0 fully saturated rings. The molecule has 1 aliphatic rings. The minimum Gasteiger partial charge on any atom is -0.370 e. The molecule has 0 saturated carbocycles. The van der Waals surface area contributed by atoms with Crippen LogP contribution in [0.5, 0.6) is 0 Å². The number of nitrogens with zero attached hydrogens (tertiary/aromatic N) is 2. The summed E-state index contributed by atoms with van der Waals surface area (Å²) in [5.74, 6) is 0.467. The molecule has 1 aromatic carbocycles. The average molecular weight is 328 g/mol. The van der Waals surface area contributed by atoms with Crippen LogP contribution in [0.3, 0.4) is 0 Å². The molecule has 0 saturated heterocycles. The number of aliphatic imine (C=N–C) groups is 1. The van der Waals surface area contributed by atoms with Gasteiger partial charge in [0.05, 0.1) is 10.7 Å². The molecule has 0 bridgehead atoms. The van der Waals surface area contributed by atoms with Gasteiger partial charge in [0.25, 0.3) is 0 Å². The maximum absolute atomic E-state index is 5.98. The highest BCUT2D eigenvalue weighted by molar-refractivity contribution is 7.11. The lowest BCUT2D eigenvalue weighted by atomic mass is 10.0. The van der Waals surface area contributed by atoms with Crippen molar-refractivity contribution in [3.63, 3.8) is 0 Å². The van der Waals surface area contributed by atoms with Crippen molar-refractivity contribution in [3.8, 4) is 0 Å². The second kappa shape index (κ2) is 7.13. The molecule has 23 heavy (non-hydrogen) atoms. The van der Waals surface area contributed by atoms with Gasteiger partial charge in [-0.1, -0.05) is 6.07 Å². The first-order valence-electron chi connectivity index (χ1n) is 8.23. The van der Waals surface area contributed by atoms with E-state index < -0.39 is 0 Å². The summed E-state index contributed by atoms with van der Waals surface area (Å²) in [7, 11) is 0. The lowest BCUT2D eigenvalue weighted by Crippen LogP contribution is -2.23. The van der Waals surface area contributed by atoms with E-state index in [1.165, 1.54) is 46.0 Å². The molecule has 3 rings (SSSR count). The number of hydrogen-bond acceptors (Lipinski definition) is 3. The highest BCUT2D eigenvalue weighted by Gasteiger charge is 2.14. The van der Waals surface area contributed by atoms with Crippen LogP contribution in [0, 0.1) is 13.8 Å². The van der Waals surface area contributed by atoms with Crippen LogP contribution in [0.2, 0.25) is 0 Å². The van der Waals surface area contributed by atoms with Crippen molar-refractivity contribution >= 4 is 23.0 Å². The Morgan fingerprint density at radius 1 is 1.26 bits per heavy atom. The Labute approximate surface area is 141 Å². The van der Waals surface area contributed by atoms with Gasteiger partial charge < -0.3 is 11.1 Å². The fourth-order valence-corrected chi connectivity index (χ4v) is 3.94. The molecular weight excluding hydrogens is 304 g/mol. The van der Waals surface area contributed by atoms with Gasteiger partial charge in [0.2, 0.25) is 0 Å². The van der Waals surface area contributed by atoms with Gasteiger partial charge in [-0.3, -0.25) is 4.99 Å². The third-order valence-corrected chi connectivity index (χ3v) is 5.49. The van der Waals surface area contributed by atoms with E-state index in [9.17, 15) is 0 Å². The summed E-state index contributed by atoms with van der Waals surface area (Å²) in [6, 6.07) is 6.21. The van der Waals surface area contributed by atoms with Crippen molar-refractivity contribution in [2.45, 2.75) is 46.0 Å². The first-order chi connectivity index (χ1) is 11.1. The lowest BCUT2D eigenvalue weighted by molar-refractivity contribution is 0.680. The second-order valence-electron chi connectivity index (χ2n) is 6.13. The Kier molecular flexibility index (Phi) is 4.96. The quantitative estimate of drug-likeness (QED) is 0.666. The van der Waals surface area contributed by atoms with Crippen molar-refractivity contribution < 1.29 is 0 Å². The molecule has 1 heterocycles. The summed E-state index contributed by atoms with van der Waals surface area (Å²) in [4.78, 5) is 10.6. The summed E-state index contributed by atoms with van der Waals surface area (Å²) in [6.07, 6.45) is 5.80. The molecule has 0 atom stereocenters. The number of thiazole rings is 1. The fraction of sp³-hybridized carbons (Fsp3) is 0.444. The number of hydrogen-bond donors (Lipinski definition) is 2. The predicted molar refractivity (Wildman–Crippen MR) is 98.5 cm³/mol. The van der Waals surface area contributed by atoms with Crippen LogP contribution in [0.1, 0.15) is 39.5 Å². The zero-order chi connectivity index (χ0) is 16.2. The number of benzene rings is 1. The molecule has 0 unspecified atom stereocenters. The Balaban J connectivity index is 1.54. The van der Waals surface area contributed by atoms with E-state index in [1.807, 2.05) is 17.4 Å². The third-order valence-electron chi connectivity index (χ3n) is 4.28. The van der Waals surface area contributed by atoms with Crippen molar-refractivity contribution in [1.82, 2.24) is 4.98 Å². The molecule has 4 nitrogen and oxygen atoms in total. The minimum atomic E-state index is 0.467. The van der Waals surface area contributed by atoms with Crippen LogP contribution in [-0.4, -0.2) is 17.5 Å². The first-order valence-corrected chi connectivity index (χ1v) is 9.05. The Bertz CT molecular complexity index is 694. The maximum atomic E-state index is 5.98. The summed E-state index contributed by atoms with van der Waals surface area (Å²) in [5.41, 5.74) is 10.8. The van der Waals surface area contributed by atoms with E-state index in [0.29, 0.717) is 12.5 Å². The number of aromatic nitrogens is 1. The predicted octanol–water partition coefficient (Wildman–Crippen LogP) is 3.61. The van der Waals surface area contributed by atoms with Crippen LogP contribution in [0.25, 0.3) is 0 Å². The zero-order valence-corrected chi connectivity index (χ0v) is 14.7. The number of fused-ring (bicyclic) bond motifs is 1. The number of guanidine groups is 1. The van der Waals surface area contributed by atoms with Crippen LogP contribution < -0.4 is 11.1 Å². The maximum Gasteiger partial charge on any atom is 0.193 e. The van der Waals surface area contributed by atoms with Crippen molar-refractivity contribution in [3.05, 3.63) is 44.9 Å². The van der Waals surface area contributed by atoms with E-state index in [1.54, 1.807) is 0 Å². The second-order valence-corrected chi connectivity index (χ2v) is 7.29. The Hall–Kier alpha value is -1.88.